The van der Waals surface area contributed by atoms with Crippen LogP contribution in [0, 0.1) is 6.92 Å². The molecule has 0 saturated carbocycles. The number of hydrogen-bond donors (Lipinski definition) is 1. The molecule has 0 atom stereocenters. The zero-order chi connectivity index (χ0) is 15.3. The average Bonchev–Trinajstić information content (AvgIpc) is 2.33. The van der Waals surface area contributed by atoms with Gasteiger partial charge >= 0.3 is 5.97 Å². The standard InChI is InChI=1S/C12H15Br2NO4S/c1-8-6-9(13)12(10(14)7-8)15-20(17,18)5-3-4-11(16)19-2/h6-7,15H,3-5H2,1-2H3. The number of anilines is 1. The van der Waals surface area contributed by atoms with E-state index < -0.39 is 16.0 Å². The summed E-state index contributed by atoms with van der Waals surface area (Å²) in [5.41, 5.74) is 1.45. The van der Waals surface area contributed by atoms with Crippen LogP contribution in [0.1, 0.15) is 18.4 Å². The number of halogens is 2. The minimum atomic E-state index is -3.51. The van der Waals surface area contributed by atoms with Gasteiger partial charge in [-0.25, -0.2) is 8.42 Å². The topological polar surface area (TPSA) is 72.5 Å². The molecule has 112 valence electrons. The zero-order valence-corrected chi connectivity index (χ0v) is 15.1. The molecule has 0 radical (unpaired) electrons. The minimum Gasteiger partial charge on any atom is -0.469 e. The van der Waals surface area contributed by atoms with Gasteiger partial charge in [0.15, 0.2) is 0 Å². The summed E-state index contributed by atoms with van der Waals surface area (Å²) in [6.45, 7) is 1.91. The van der Waals surface area contributed by atoms with Crippen molar-refractivity contribution in [2.75, 3.05) is 17.6 Å². The van der Waals surface area contributed by atoms with E-state index in [1.165, 1.54) is 7.11 Å². The second kappa shape index (κ2) is 7.42. The number of hydrogen-bond acceptors (Lipinski definition) is 4. The molecule has 0 aliphatic rings. The Morgan fingerprint density at radius 3 is 2.35 bits per heavy atom. The molecule has 20 heavy (non-hydrogen) atoms. The fraction of sp³-hybridized carbons (Fsp3) is 0.417. The third-order valence-electron chi connectivity index (χ3n) is 2.47. The molecule has 0 aliphatic carbocycles. The first-order valence-electron chi connectivity index (χ1n) is 5.78. The number of sulfonamides is 1. The number of benzene rings is 1. The van der Waals surface area contributed by atoms with E-state index in [-0.39, 0.29) is 18.6 Å². The molecule has 0 unspecified atom stereocenters. The van der Waals surface area contributed by atoms with Crippen molar-refractivity contribution in [3.8, 4) is 0 Å². The predicted octanol–water partition coefficient (Wildman–Crippen LogP) is 3.21. The van der Waals surface area contributed by atoms with Crippen molar-refractivity contribution >= 4 is 53.5 Å². The first kappa shape index (κ1) is 17.5. The van der Waals surface area contributed by atoms with Crippen LogP contribution in [-0.2, 0) is 19.6 Å². The van der Waals surface area contributed by atoms with Crippen molar-refractivity contribution in [2.24, 2.45) is 0 Å². The lowest BCUT2D eigenvalue weighted by Crippen LogP contribution is -2.18. The number of ether oxygens (including phenoxy) is 1. The minimum absolute atomic E-state index is 0.0770. The molecule has 0 amide bonds. The average molecular weight is 429 g/mol. The highest BCUT2D eigenvalue weighted by Crippen LogP contribution is 2.33. The molecule has 0 heterocycles. The SMILES string of the molecule is COC(=O)CCCS(=O)(=O)Nc1c(Br)cc(C)cc1Br. The lowest BCUT2D eigenvalue weighted by molar-refractivity contribution is -0.140. The van der Waals surface area contributed by atoms with Gasteiger partial charge in [-0.3, -0.25) is 9.52 Å². The van der Waals surface area contributed by atoms with Gasteiger partial charge in [0.05, 0.1) is 18.6 Å². The summed E-state index contributed by atoms with van der Waals surface area (Å²) in [5.74, 6) is -0.563. The van der Waals surface area contributed by atoms with E-state index in [1.54, 1.807) is 0 Å². The van der Waals surface area contributed by atoms with Crippen LogP contribution in [0.4, 0.5) is 5.69 Å². The van der Waals surface area contributed by atoms with Gasteiger partial charge in [0.2, 0.25) is 10.0 Å². The molecule has 5 nitrogen and oxygen atoms in total. The first-order chi connectivity index (χ1) is 9.25. The van der Waals surface area contributed by atoms with Crippen LogP contribution >= 0.6 is 31.9 Å². The number of aryl methyl sites for hydroxylation is 1. The van der Waals surface area contributed by atoms with E-state index in [0.717, 1.165) is 5.56 Å². The van der Waals surface area contributed by atoms with Gasteiger partial charge in [0, 0.05) is 15.4 Å². The summed E-state index contributed by atoms with van der Waals surface area (Å²) in [6.07, 6.45) is 0.288. The summed E-state index contributed by atoms with van der Waals surface area (Å²) in [7, 11) is -2.24. The number of nitrogens with one attached hydrogen (secondary N) is 1. The van der Waals surface area contributed by atoms with Gasteiger partial charge in [-0.2, -0.15) is 0 Å². The van der Waals surface area contributed by atoms with Crippen LogP contribution in [0.5, 0.6) is 0 Å². The van der Waals surface area contributed by atoms with Crippen LogP contribution < -0.4 is 4.72 Å². The Hall–Kier alpha value is -0.600. The molecule has 0 aromatic heterocycles. The molecule has 1 N–H and O–H groups in total. The Labute approximate surface area is 135 Å². The summed E-state index contributed by atoms with van der Waals surface area (Å²) < 4.78 is 32.2. The smallest absolute Gasteiger partial charge is 0.305 e. The molecule has 1 rings (SSSR count). The van der Waals surface area contributed by atoms with Crippen LogP contribution in [-0.4, -0.2) is 27.2 Å². The highest BCUT2D eigenvalue weighted by atomic mass is 79.9. The van der Waals surface area contributed by atoms with Gasteiger partial charge in [-0.15, -0.1) is 0 Å². The molecule has 1 aromatic carbocycles. The number of methoxy groups -OCH3 is 1. The van der Waals surface area contributed by atoms with E-state index in [4.69, 9.17) is 0 Å². The summed E-state index contributed by atoms with van der Waals surface area (Å²) in [4.78, 5) is 10.9. The Morgan fingerprint density at radius 1 is 1.30 bits per heavy atom. The zero-order valence-electron chi connectivity index (χ0n) is 11.1. The van der Waals surface area contributed by atoms with E-state index in [0.29, 0.717) is 14.6 Å². The van der Waals surface area contributed by atoms with E-state index in [2.05, 4.69) is 41.3 Å². The van der Waals surface area contributed by atoms with Crippen molar-refractivity contribution in [1.82, 2.24) is 0 Å². The van der Waals surface area contributed by atoms with Crippen LogP contribution in [0.3, 0.4) is 0 Å². The number of carbonyl (C=O) groups excluding carboxylic acids is 1. The Balaban J connectivity index is 2.74. The monoisotopic (exact) mass is 427 g/mol. The van der Waals surface area contributed by atoms with E-state index in [1.807, 2.05) is 19.1 Å². The first-order valence-corrected chi connectivity index (χ1v) is 9.02. The quantitative estimate of drug-likeness (QED) is 0.706. The Bertz CT molecular complexity index is 578. The van der Waals surface area contributed by atoms with Gasteiger partial charge in [-0.05, 0) is 62.9 Å². The molecule has 0 spiro atoms. The third kappa shape index (κ3) is 5.41. The molecule has 0 fully saturated rings. The third-order valence-corrected chi connectivity index (χ3v) is 5.06. The highest BCUT2D eigenvalue weighted by molar-refractivity contribution is 9.11. The van der Waals surface area contributed by atoms with Gasteiger partial charge in [0.25, 0.3) is 0 Å². The van der Waals surface area contributed by atoms with Gasteiger partial charge in [0.1, 0.15) is 0 Å². The molecule has 0 bridgehead atoms. The maximum absolute atomic E-state index is 12.0. The highest BCUT2D eigenvalue weighted by Gasteiger charge is 2.16. The Morgan fingerprint density at radius 2 is 1.85 bits per heavy atom. The normalized spacial score (nSPS) is 11.2. The maximum Gasteiger partial charge on any atom is 0.305 e. The summed E-state index contributed by atoms with van der Waals surface area (Å²) >= 11 is 6.64. The summed E-state index contributed by atoms with van der Waals surface area (Å²) in [5, 5.41) is 0. The van der Waals surface area contributed by atoms with Crippen molar-refractivity contribution in [1.29, 1.82) is 0 Å². The number of carbonyl (C=O) groups is 1. The lowest BCUT2D eigenvalue weighted by Gasteiger charge is -2.12. The van der Waals surface area contributed by atoms with Crippen molar-refractivity contribution in [3.63, 3.8) is 0 Å². The molecular formula is C12H15Br2NO4S. The second-order valence-electron chi connectivity index (χ2n) is 4.20. The molecule has 0 saturated heterocycles. The van der Waals surface area contributed by atoms with Crippen LogP contribution in [0.2, 0.25) is 0 Å². The fourth-order valence-corrected chi connectivity index (χ4v) is 4.55. The molecule has 0 aliphatic heterocycles. The molecule has 1 aromatic rings. The second-order valence-corrected chi connectivity index (χ2v) is 7.75. The maximum atomic E-state index is 12.0. The number of rotatable bonds is 6. The van der Waals surface area contributed by atoms with Gasteiger partial charge < -0.3 is 4.74 Å². The van der Waals surface area contributed by atoms with E-state index in [9.17, 15) is 13.2 Å². The van der Waals surface area contributed by atoms with Crippen LogP contribution in [0.25, 0.3) is 0 Å². The van der Waals surface area contributed by atoms with Crippen molar-refractivity contribution in [3.05, 3.63) is 26.6 Å². The Kier molecular flexibility index (Phi) is 6.47. The van der Waals surface area contributed by atoms with Crippen LogP contribution in [0.15, 0.2) is 21.1 Å². The lowest BCUT2D eigenvalue weighted by atomic mass is 10.2. The summed E-state index contributed by atoms with van der Waals surface area (Å²) in [6, 6.07) is 3.63. The van der Waals surface area contributed by atoms with Gasteiger partial charge in [-0.1, -0.05) is 0 Å². The van der Waals surface area contributed by atoms with Crippen molar-refractivity contribution < 1.29 is 17.9 Å². The fourth-order valence-electron chi connectivity index (χ4n) is 1.51. The van der Waals surface area contributed by atoms with E-state index >= 15 is 0 Å². The van der Waals surface area contributed by atoms with Crippen molar-refractivity contribution in [2.45, 2.75) is 19.8 Å². The molecular weight excluding hydrogens is 414 g/mol. The molecule has 8 heteroatoms. The largest absolute Gasteiger partial charge is 0.469 e. The number of esters is 1. The predicted molar refractivity (Wildman–Crippen MR) is 85.2 cm³/mol.